The molecule has 0 saturated heterocycles. The van der Waals surface area contributed by atoms with E-state index in [1.165, 1.54) is 0 Å². The molecule has 29 heavy (non-hydrogen) atoms. The smallest absolute Gasteiger partial charge is 0.338 e. The quantitative estimate of drug-likeness (QED) is 0.584. The zero-order valence-corrected chi connectivity index (χ0v) is 17.3. The third-order valence-electron chi connectivity index (χ3n) is 4.15. The Morgan fingerprint density at radius 1 is 1.14 bits per heavy atom. The van der Waals surface area contributed by atoms with E-state index in [1.807, 2.05) is 6.07 Å². The lowest BCUT2D eigenvalue weighted by atomic mass is 10.2. The first-order valence-electron chi connectivity index (χ1n) is 8.81. The molecule has 150 valence electrons. The van der Waals surface area contributed by atoms with Crippen LogP contribution in [-0.2, 0) is 11.3 Å². The van der Waals surface area contributed by atoms with Crippen LogP contribution in [0.2, 0.25) is 10.0 Å². The highest BCUT2D eigenvalue weighted by molar-refractivity contribution is 6.42. The normalized spacial score (nSPS) is 10.6. The minimum Gasteiger partial charge on any atom is -0.462 e. The van der Waals surface area contributed by atoms with Gasteiger partial charge >= 0.3 is 5.97 Å². The molecule has 0 fully saturated rings. The molecular formula is C20H18Cl2N4O3. The van der Waals surface area contributed by atoms with Crippen molar-refractivity contribution in [3.63, 3.8) is 0 Å². The summed E-state index contributed by atoms with van der Waals surface area (Å²) in [5.74, 6) is -0.878. The topological polar surface area (TPSA) is 86.1 Å². The maximum absolute atomic E-state index is 12.6. The summed E-state index contributed by atoms with van der Waals surface area (Å²) in [6.07, 6.45) is 0. The number of ether oxygens (including phenoxy) is 1. The number of benzene rings is 2. The van der Waals surface area contributed by atoms with Crippen LogP contribution < -0.4 is 5.32 Å². The molecule has 0 aliphatic carbocycles. The molecule has 0 bridgehead atoms. The molecule has 0 saturated carbocycles. The van der Waals surface area contributed by atoms with E-state index < -0.39 is 11.9 Å². The van der Waals surface area contributed by atoms with Crippen molar-refractivity contribution in [1.29, 1.82) is 0 Å². The van der Waals surface area contributed by atoms with Crippen molar-refractivity contribution in [3.8, 4) is 0 Å². The third kappa shape index (κ3) is 4.93. The first kappa shape index (κ1) is 20.8. The van der Waals surface area contributed by atoms with Crippen molar-refractivity contribution in [2.24, 2.45) is 0 Å². The molecule has 0 atom stereocenters. The summed E-state index contributed by atoms with van der Waals surface area (Å²) < 4.78 is 6.57. The van der Waals surface area contributed by atoms with Crippen LogP contribution in [0.3, 0.4) is 0 Å². The van der Waals surface area contributed by atoms with Gasteiger partial charge in [-0.2, -0.15) is 0 Å². The fourth-order valence-electron chi connectivity index (χ4n) is 2.66. The average Bonchev–Trinajstić information content (AvgIpc) is 3.05. The number of rotatable bonds is 6. The molecule has 9 heteroatoms. The number of nitrogens with one attached hydrogen (secondary N) is 1. The zero-order chi connectivity index (χ0) is 21.0. The van der Waals surface area contributed by atoms with Crippen molar-refractivity contribution >= 4 is 40.8 Å². The fraction of sp³-hybridized carbons (Fsp3) is 0.200. The highest BCUT2D eigenvalue weighted by Crippen LogP contribution is 2.23. The molecule has 0 unspecified atom stereocenters. The Balaban J connectivity index is 1.74. The van der Waals surface area contributed by atoms with Crippen LogP contribution in [0.5, 0.6) is 0 Å². The van der Waals surface area contributed by atoms with E-state index in [-0.39, 0.29) is 12.3 Å². The predicted molar refractivity (Wildman–Crippen MR) is 111 cm³/mol. The van der Waals surface area contributed by atoms with Crippen molar-refractivity contribution in [2.75, 3.05) is 11.9 Å². The van der Waals surface area contributed by atoms with Gasteiger partial charge in [-0.3, -0.25) is 4.79 Å². The molecule has 1 heterocycles. The van der Waals surface area contributed by atoms with Crippen LogP contribution in [0.1, 0.15) is 39.0 Å². The lowest BCUT2D eigenvalue weighted by molar-refractivity contribution is 0.0526. The summed E-state index contributed by atoms with van der Waals surface area (Å²) in [6.45, 7) is 4.15. The van der Waals surface area contributed by atoms with E-state index in [2.05, 4.69) is 15.6 Å². The van der Waals surface area contributed by atoms with Crippen LogP contribution in [0, 0.1) is 6.92 Å². The summed E-state index contributed by atoms with van der Waals surface area (Å²) in [5, 5.41) is 11.7. The predicted octanol–water partition coefficient (Wildman–Crippen LogP) is 4.37. The van der Waals surface area contributed by atoms with Gasteiger partial charge < -0.3 is 10.1 Å². The van der Waals surface area contributed by atoms with Gasteiger partial charge in [-0.05, 0) is 49.7 Å². The van der Waals surface area contributed by atoms with Gasteiger partial charge in [0.05, 0.1) is 34.5 Å². The Bertz CT molecular complexity index is 1070. The lowest BCUT2D eigenvalue weighted by Gasteiger charge is -2.07. The zero-order valence-electron chi connectivity index (χ0n) is 15.8. The van der Waals surface area contributed by atoms with Gasteiger partial charge in [0.2, 0.25) is 0 Å². The number of esters is 1. The Kier molecular flexibility index (Phi) is 6.51. The third-order valence-corrected chi connectivity index (χ3v) is 4.88. The second-order valence-electron chi connectivity index (χ2n) is 6.18. The van der Waals surface area contributed by atoms with Gasteiger partial charge in [0, 0.05) is 5.69 Å². The number of hydrogen-bond acceptors (Lipinski definition) is 5. The molecule has 0 spiro atoms. The number of aromatic nitrogens is 3. The second-order valence-corrected chi connectivity index (χ2v) is 7.00. The van der Waals surface area contributed by atoms with E-state index in [0.29, 0.717) is 33.5 Å². The molecule has 0 aliphatic rings. The Labute approximate surface area is 177 Å². The summed E-state index contributed by atoms with van der Waals surface area (Å²) in [5.41, 5.74) is 2.46. The van der Waals surface area contributed by atoms with Crippen molar-refractivity contribution in [1.82, 2.24) is 15.0 Å². The Morgan fingerprint density at radius 3 is 2.66 bits per heavy atom. The number of hydrogen-bond donors (Lipinski definition) is 1. The Morgan fingerprint density at radius 2 is 1.93 bits per heavy atom. The number of amides is 1. The molecule has 1 aromatic heterocycles. The molecule has 2 aromatic carbocycles. The molecule has 7 nitrogen and oxygen atoms in total. The summed E-state index contributed by atoms with van der Waals surface area (Å²) >= 11 is 12.0. The van der Waals surface area contributed by atoms with E-state index in [0.717, 1.165) is 5.56 Å². The largest absolute Gasteiger partial charge is 0.462 e. The number of carbonyl (C=O) groups excluding carboxylic acids is 2. The van der Waals surface area contributed by atoms with Crippen LogP contribution >= 0.6 is 23.2 Å². The van der Waals surface area contributed by atoms with Crippen LogP contribution in [0.25, 0.3) is 0 Å². The van der Waals surface area contributed by atoms with E-state index in [9.17, 15) is 9.59 Å². The SMILES string of the molecule is CCOC(=O)c1cccc(NC(=O)c2nnn(Cc3ccc(Cl)c(Cl)c3)c2C)c1. The first-order valence-corrected chi connectivity index (χ1v) is 9.57. The van der Waals surface area contributed by atoms with Gasteiger partial charge in [0.25, 0.3) is 5.91 Å². The van der Waals surface area contributed by atoms with Gasteiger partial charge in [-0.25, -0.2) is 9.48 Å². The molecule has 1 amide bonds. The van der Waals surface area contributed by atoms with Gasteiger partial charge in [0.1, 0.15) is 0 Å². The Hall–Kier alpha value is -2.90. The highest BCUT2D eigenvalue weighted by atomic mass is 35.5. The van der Waals surface area contributed by atoms with E-state index in [4.69, 9.17) is 27.9 Å². The average molecular weight is 433 g/mol. The van der Waals surface area contributed by atoms with E-state index in [1.54, 1.807) is 54.9 Å². The fourth-order valence-corrected chi connectivity index (χ4v) is 2.98. The van der Waals surface area contributed by atoms with Crippen molar-refractivity contribution < 1.29 is 14.3 Å². The number of halogens is 2. The van der Waals surface area contributed by atoms with Gasteiger partial charge in [0.15, 0.2) is 5.69 Å². The minimum absolute atomic E-state index is 0.187. The number of nitrogens with zero attached hydrogens (tertiary/aromatic N) is 3. The standard InChI is InChI=1S/C20H18Cl2N4O3/c1-3-29-20(28)14-5-4-6-15(10-14)23-19(27)18-12(2)26(25-24-18)11-13-7-8-16(21)17(22)9-13/h4-10H,3,11H2,1-2H3,(H,23,27). The summed E-state index contributed by atoms with van der Waals surface area (Å²) in [4.78, 5) is 24.5. The minimum atomic E-state index is -0.452. The molecule has 3 rings (SSSR count). The molecule has 3 aromatic rings. The van der Waals surface area contributed by atoms with Crippen molar-refractivity contribution in [2.45, 2.75) is 20.4 Å². The maximum Gasteiger partial charge on any atom is 0.338 e. The lowest BCUT2D eigenvalue weighted by Crippen LogP contribution is -2.15. The van der Waals surface area contributed by atoms with Gasteiger partial charge in [-0.1, -0.05) is 40.5 Å². The molecule has 0 radical (unpaired) electrons. The van der Waals surface area contributed by atoms with Crippen LogP contribution in [-0.4, -0.2) is 33.5 Å². The molecular weight excluding hydrogens is 415 g/mol. The second kappa shape index (κ2) is 9.07. The maximum atomic E-state index is 12.6. The van der Waals surface area contributed by atoms with Crippen LogP contribution in [0.15, 0.2) is 42.5 Å². The highest BCUT2D eigenvalue weighted by Gasteiger charge is 2.18. The van der Waals surface area contributed by atoms with Crippen molar-refractivity contribution in [3.05, 3.63) is 75.0 Å². The number of anilines is 1. The monoisotopic (exact) mass is 432 g/mol. The molecule has 0 aliphatic heterocycles. The van der Waals surface area contributed by atoms with Gasteiger partial charge in [-0.15, -0.1) is 5.10 Å². The number of carbonyl (C=O) groups is 2. The summed E-state index contributed by atoms with van der Waals surface area (Å²) in [6, 6.07) is 11.8. The summed E-state index contributed by atoms with van der Waals surface area (Å²) in [7, 11) is 0. The first-order chi connectivity index (χ1) is 13.9. The van der Waals surface area contributed by atoms with E-state index >= 15 is 0 Å². The molecule has 1 N–H and O–H groups in total. The van der Waals surface area contributed by atoms with Crippen LogP contribution in [0.4, 0.5) is 5.69 Å².